The maximum Gasteiger partial charge on any atom is 0.409 e. The third kappa shape index (κ3) is 3.76. The predicted molar refractivity (Wildman–Crippen MR) is 113 cm³/mol. The van der Waals surface area contributed by atoms with Gasteiger partial charge in [0.05, 0.1) is 11.0 Å². The smallest absolute Gasteiger partial charge is 0.409 e. The number of fused-ring (bicyclic) bond motifs is 2. The average molecular weight is 417 g/mol. The normalized spacial score (nSPS) is 13.7. The second-order valence-corrected chi connectivity index (χ2v) is 7.11. The number of aliphatic hydroxyl groups is 1. The number of aromatic amines is 1. The molecule has 1 amide bonds. The first-order chi connectivity index (χ1) is 15.1. The van der Waals surface area contributed by atoms with Crippen molar-refractivity contribution in [1.29, 1.82) is 0 Å². The van der Waals surface area contributed by atoms with Crippen LogP contribution in [0.25, 0.3) is 22.4 Å². The fraction of sp³-hybridized carbons (Fsp3) is 0.130. The van der Waals surface area contributed by atoms with Crippen molar-refractivity contribution in [3.8, 4) is 28.6 Å². The van der Waals surface area contributed by atoms with Gasteiger partial charge in [0.2, 0.25) is 0 Å². The van der Waals surface area contributed by atoms with Crippen LogP contribution in [0.3, 0.4) is 0 Å². The molecule has 0 saturated heterocycles. The molecule has 8 nitrogen and oxygen atoms in total. The highest BCUT2D eigenvalue weighted by Gasteiger charge is 2.17. The van der Waals surface area contributed by atoms with Gasteiger partial charge in [-0.05, 0) is 35.4 Å². The van der Waals surface area contributed by atoms with Crippen LogP contribution in [0, 0.1) is 0 Å². The molecule has 1 aliphatic heterocycles. The number of ether oxygens (including phenoxy) is 3. The Morgan fingerprint density at radius 1 is 1.00 bits per heavy atom. The number of aliphatic hydroxyl groups excluding tert-OH is 1. The highest BCUT2D eigenvalue weighted by Crippen LogP contribution is 2.34. The number of rotatable bonds is 4. The number of carbonyl (C=O) groups excluding carboxylic acids is 1. The summed E-state index contributed by atoms with van der Waals surface area (Å²) in [5.41, 5.74) is 8.83. The third-order valence-corrected chi connectivity index (χ3v) is 5.05. The third-order valence-electron chi connectivity index (χ3n) is 5.05. The predicted octanol–water partition coefficient (Wildman–Crippen LogP) is 3.54. The van der Waals surface area contributed by atoms with Crippen LogP contribution in [0.4, 0.5) is 4.79 Å². The summed E-state index contributed by atoms with van der Waals surface area (Å²) in [6.07, 6.45) is -1.67. The van der Waals surface area contributed by atoms with Crippen LogP contribution in [-0.2, 0) is 0 Å². The number of imidazole rings is 1. The van der Waals surface area contributed by atoms with Crippen LogP contribution in [-0.4, -0.2) is 34.4 Å². The van der Waals surface area contributed by atoms with Gasteiger partial charge in [-0.1, -0.05) is 30.3 Å². The van der Waals surface area contributed by atoms with Crippen molar-refractivity contribution in [2.45, 2.75) is 6.10 Å². The van der Waals surface area contributed by atoms with Gasteiger partial charge in [-0.25, -0.2) is 9.78 Å². The van der Waals surface area contributed by atoms with Crippen molar-refractivity contribution >= 4 is 17.1 Å². The summed E-state index contributed by atoms with van der Waals surface area (Å²) >= 11 is 0. The van der Waals surface area contributed by atoms with E-state index in [1.807, 2.05) is 36.4 Å². The minimum atomic E-state index is -0.869. The number of nitrogens with one attached hydrogen (secondary N) is 1. The topological polar surface area (TPSA) is 120 Å². The molecule has 0 spiro atoms. The van der Waals surface area contributed by atoms with Crippen LogP contribution in [0.5, 0.6) is 17.2 Å². The molecule has 4 N–H and O–H groups in total. The number of benzene rings is 3. The Balaban J connectivity index is 1.39. The molecule has 3 aromatic carbocycles. The first-order valence-electron chi connectivity index (χ1n) is 9.72. The maximum atomic E-state index is 10.9. The first kappa shape index (κ1) is 19.0. The molecule has 5 rings (SSSR count). The minimum Gasteiger partial charge on any atom is -0.486 e. The molecule has 8 heteroatoms. The van der Waals surface area contributed by atoms with E-state index in [2.05, 4.69) is 9.97 Å². The fourth-order valence-corrected chi connectivity index (χ4v) is 3.55. The van der Waals surface area contributed by atoms with Gasteiger partial charge >= 0.3 is 6.09 Å². The molecule has 1 unspecified atom stereocenters. The summed E-state index contributed by atoms with van der Waals surface area (Å²) in [6, 6.07) is 18.0. The molecular formula is C23H19N3O5. The van der Waals surface area contributed by atoms with Crippen LogP contribution in [0.2, 0.25) is 0 Å². The zero-order valence-corrected chi connectivity index (χ0v) is 16.4. The zero-order valence-electron chi connectivity index (χ0n) is 16.4. The molecule has 0 fully saturated rings. The van der Waals surface area contributed by atoms with Crippen molar-refractivity contribution < 1.29 is 24.1 Å². The number of H-pyrrole nitrogens is 1. The van der Waals surface area contributed by atoms with Gasteiger partial charge in [0, 0.05) is 11.6 Å². The van der Waals surface area contributed by atoms with E-state index < -0.39 is 12.2 Å². The lowest BCUT2D eigenvalue weighted by atomic mass is 10.00. The Bertz CT molecular complexity index is 1270. The van der Waals surface area contributed by atoms with E-state index in [1.165, 1.54) is 0 Å². The van der Waals surface area contributed by atoms with E-state index in [0.29, 0.717) is 41.8 Å². The molecular weight excluding hydrogens is 398 g/mol. The SMILES string of the molecule is NC(=O)Oc1ccc2nc(-c3ccc(C(O)c4ccc5c(c4)OCCO5)cc3)[nH]c2c1. The molecule has 1 aromatic heterocycles. The minimum absolute atomic E-state index is 0.341. The summed E-state index contributed by atoms with van der Waals surface area (Å²) in [5, 5.41) is 10.8. The van der Waals surface area contributed by atoms with Crippen LogP contribution >= 0.6 is 0 Å². The molecule has 4 aromatic rings. The van der Waals surface area contributed by atoms with E-state index in [1.54, 1.807) is 24.3 Å². The highest BCUT2D eigenvalue weighted by molar-refractivity contribution is 5.81. The standard InChI is InChI=1S/C23H19N3O5/c24-23(28)31-16-6-7-17-18(12-16)26-22(25-17)14-3-1-13(2-4-14)21(27)15-5-8-19-20(11-15)30-10-9-29-19/h1-8,11-12,21,27H,9-10H2,(H2,24,28)(H,25,26). The highest BCUT2D eigenvalue weighted by atomic mass is 16.6. The lowest BCUT2D eigenvalue weighted by molar-refractivity contribution is 0.169. The maximum absolute atomic E-state index is 10.9. The van der Waals surface area contributed by atoms with Gasteiger partial charge in [-0.3, -0.25) is 0 Å². The molecule has 2 heterocycles. The Morgan fingerprint density at radius 2 is 1.74 bits per heavy atom. The molecule has 31 heavy (non-hydrogen) atoms. The number of amides is 1. The molecule has 156 valence electrons. The van der Waals surface area contributed by atoms with Crippen molar-refractivity contribution in [2.75, 3.05) is 13.2 Å². The fourth-order valence-electron chi connectivity index (χ4n) is 3.55. The van der Waals surface area contributed by atoms with Crippen LogP contribution in [0.1, 0.15) is 17.2 Å². The monoisotopic (exact) mass is 417 g/mol. The first-order valence-corrected chi connectivity index (χ1v) is 9.72. The lowest BCUT2D eigenvalue weighted by Gasteiger charge is -2.20. The quantitative estimate of drug-likeness (QED) is 0.467. The van der Waals surface area contributed by atoms with Gasteiger partial charge in [-0.15, -0.1) is 0 Å². The Labute approximate surface area is 177 Å². The van der Waals surface area contributed by atoms with E-state index in [9.17, 15) is 9.90 Å². The number of nitrogens with zero attached hydrogens (tertiary/aromatic N) is 1. The van der Waals surface area contributed by atoms with E-state index in [-0.39, 0.29) is 0 Å². The largest absolute Gasteiger partial charge is 0.486 e. The zero-order chi connectivity index (χ0) is 21.4. The van der Waals surface area contributed by atoms with E-state index in [0.717, 1.165) is 22.2 Å². The molecule has 0 saturated carbocycles. The van der Waals surface area contributed by atoms with Crippen molar-refractivity contribution in [2.24, 2.45) is 5.73 Å². The number of hydrogen-bond donors (Lipinski definition) is 3. The average Bonchev–Trinajstić information content (AvgIpc) is 3.21. The van der Waals surface area contributed by atoms with Gasteiger partial charge in [0.25, 0.3) is 0 Å². The number of hydrogen-bond acceptors (Lipinski definition) is 6. The summed E-state index contributed by atoms with van der Waals surface area (Å²) < 4.78 is 16.0. The van der Waals surface area contributed by atoms with Crippen LogP contribution < -0.4 is 19.9 Å². The van der Waals surface area contributed by atoms with Crippen molar-refractivity contribution in [1.82, 2.24) is 9.97 Å². The number of aromatic nitrogens is 2. The van der Waals surface area contributed by atoms with Gasteiger partial charge < -0.3 is 30.0 Å². The second-order valence-electron chi connectivity index (χ2n) is 7.11. The summed E-state index contributed by atoms with van der Waals surface area (Å²) in [6.45, 7) is 1.02. The van der Waals surface area contributed by atoms with Gasteiger partial charge in [0.1, 0.15) is 30.9 Å². The Morgan fingerprint density at radius 3 is 2.52 bits per heavy atom. The lowest BCUT2D eigenvalue weighted by Crippen LogP contribution is -2.16. The number of carbonyl (C=O) groups is 1. The summed E-state index contributed by atoms with van der Waals surface area (Å²) in [4.78, 5) is 18.7. The Hall–Kier alpha value is -4.04. The van der Waals surface area contributed by atoms with Crippen molar-refractivity contribution in [3.05, 3.63) is 71.8 Å². The molecule has 0 bridgehead atoms. The van der Waals surface area contributed by atoms with E-state index >= 15 is 0 Å². The van der Waals surface area contributed by atoms with Gasteiger partial charge in [0.15, 0.2) is 11.5 Å². The van der Waals surface area contributed by atoms with Crippen LogP contribution in [0.15, 0.2) is 60.7 Å². The molecule has 1 atom stereocenters. The second kappa shape index (κ2) is 7.66. The number of nitrogens with two attached hydrogens (primary N) is 1. The van der Waals surface area contributed by atoms with Gasteiger partial charge in [-0.2, -0.15) is 0 Å². The van der Waals surface area contributed by atoms with Crippen molar-refractivity contribution in [3.63, 3.8) is 0 Å². The summed E-state index contributed by atoms with van der Waals surface area (Å²) in [5.74, 6) is 2.33. The Kier molecular flexibility index (Phi) is 4.68. The van der Waals surface area contributed by atoms with E-state index in [4.69, 9.17) is 19.9 Å². The number of primary amides is 1. The molecule has 0 aliphatic carbocycles. The summed E-state index contributed by atoms with van der Waals surface area (Å²) in [7, 11) is 0. The molecule has 1 aliphatic rings. The molecule has 0 radical (unpaired) electrons.